The van der Waals surface area contributed by atoms with E-state index >= 15 is 0 Å². The molecule has 26 heavy (non-hydrogen) atoms. The van der Waals surface area contributed by atoms with Gasteiger partial charge in [-0.15, -0.1) is 0 Å². The van der Waals surface area contributed by atoms with E-state index in [0.717, 1.165) is 49.6 Å². The first kappa shape index (κ1) is 18.9. The molecule has 1 aliphatic heterocycles. The van der Waals surface area contributed by atoms with Crippen LogP contribution in [-0.4, -0.2) is 56.2 Å². The molecule has 0 bridgehead atoms. The lowest BCUT2D eigenvalue weighted by Gasteiger charge is -2.32. The van der Waals surface area contributed by atoms with Crippen molar-refractivity contribution in [2.45, 2.75) is 20.3 Å². The van der Waals surface area contributed by atoms with Crippen LogP contribution in [0.2, 0.25) is 0 Å². The summed E-state index contributed by atoms with van der Waals surface area (Å²) < 4.78 is 20.3. The van der Waals surface area contributed by atoms with E-state index in [1.165, 1.54) is 11.6 Å². The predicted octanol–water partition coefficient (Wildman–Crippen LogP) is 3.66. The molecule has 140 valence electrons. The van der Waals surface area contributed by atoms with Crippen molar-refractivity contribution in [2.75, 3.05) is 46.4 Å². The van der Waals surface area contributed by atoms with Gasteiger partial charge in [0.1, 0.15) is 18.2 Å². The molecule has 1 fully saturated rings. The van der Waals surface area contributed by atoms with Crippen molar-refractivity contribution in [1.29, 1.82) is 0 Å². The smallest absolute Gasteiger partial charge is 0.126 e. The lowest BCUT2D eigenvalue weighted by atomic mass is 9.99. The Hall–Kier alpha value is -1.91. The van der Waals surface area contributed by atoms with Gasteiger partial charge in [0.2, 0.25) is 0 Å². The van der Waals surface area contributed by atoms with Gasteiger partial charge in [0.05, 0.1) is 0 Å². The molecule has 0 aromatic heterocycles. The second-order valence-corrected chi connectivity index (χ2v) is 7.33. The van der Waals surface area contributed by atoms with Crippen LogP contribution in [0.25, 0.3) is 0 Å². The first-order valence-electron chi connectivity index (χ1n) is 9.40. The highest BCUT2D eigenvalue weighted by molar-refractivity contribution is 5.46. The molecule has 1 saturated heterocycles. The minimum atomic E-state index is -0.157. The second-order valence-electron chi connectivity index (χ2n) is 7.33. The monoisotopic (exact) mass is 356 g/mol. The highest BCUT2D eigenvalue weighted by atomic mass is 19.1. The number of halogens is 1. The quantitative estimate of drug-likeness (QED) is 0.786. The van der Waals surface area contributed by atoms with Gasteiger partial charge < -0.3 is 9.64 Å². The van der Waals surface area contributed by atoms with Gasteiger partial charge in [0, 0.05) is 39.1 Å². The number of aryl methyl sites for hydroxylation is 2. The number of nitrogens with zero attached hydrogens (tertiary/aromatic N) is 2. The van der Waals surface area contributed by atoms with Gasteiger partial charge in [-0.2, -0.15) is 0 Å². The number of hydrogen-bond donors (Lipinski definition) is 0. The molecule has 0 aliphatic carbocycles. The van der Waals surface area contributed by atoms with E-state index in [1.54, 1.807) is 6.07 Å². The summed E-state index contributed by atoms with van der Waals surface area (Å²) in [4.78, 5) is 4.80. The number of ether oxygens (including phenoxy) is 1. The molecule has 3 nitrogen and oxygen atoms in total. The second kappa shape index (κ2) is 8.65. The minimum Gasteiger partial charge on any atom is -0.492 e. The van der Waals surface area contributed by atoms with Crippen molar-refractivity contribution < 1.29 is 9.13 Å². The first-order valence-corrected chi connectivity index (χ1v) is 9.40. The van der Waals surface area contributed by atoms with E-state index in [-0.39, 0.29) is 5.82 Å². The van der Waals surface area contributed by atoms with Gasteiger partial charge >= 0.3 is 0 Å². The Morgan fingerprint density at radius 3 is 2.46 bits per heavy atom. The standard InChI is InChI=1S/C22H29FN2O/c1-17-14-18(2)22(26-13-12-25-10-8-24(3)9-11-25)20(15-17)16-19-6-4-5-7-21(19)23/h4-7,14-15H,8-13,16H2,1-3H3. The molecular weight excluding hydrogens is 327 g/mol. The molecule has 1 heterocycles. The van der Waals surface area contributed by atoms with Gasteiger partial charge in [-0.1, -0.05) is 35.9 Å². The molecule has 0 atom stereocenters. The Balaban J connectivity index is 1.69. The van der Waals surface area contributed by atoms with Crippen molar-refractivity contribution >= 4 is 0 Å². The molecule has 0 N–H and O–H groups in total. The van der Waals surface area contributed by atoms with Gasteiger partial charge in [-0.25, -0.2) is 4.39 Å². The molecule has 3 rings (SSSR count). The Kier molecular flexibility index (Phi) is 6.28. The number of benzene rings is 2. The lowest BCUT2D eigenvalue weighted by molar-refractivity contribution is 0.133. The Morgan fingerprint density at radius 2 is 1.73 bits per heavy atom. The number of likely N-dealkylation sites (N-methyl/N-ethyl adjacent to an activating group) is 1. The van der Waals surface area contributed by atoms with E-state index in [2.05, 4.69) is 42.8 Å². The van der Waals surface area contributed by atoms with E-state index < -0.39 is 0 Å². The minimum absolute atomic E-state index is 0.157. The van der Waals surface area contributed by atoms with E-state index in [1.807, 2.05) is 12.1 Å². The zero-order valence-electron chi connectivity index (χ0n) is 16.1. The highest BCUT2D eigenvalue weighted by Gasteiger charge is 2.15. The fourth-order valence-corrected chi connectivity index (χ4v) is 3.58. The van der Waals surface area contributed by atoms with E-state index in [4.69, 9.17) is 4.74 Å². The number of piperazine rings is 1. The molecule has 0 amide bonds. The SMILES string of the molecule is Cc1cc(C)c(OCCN2CCN(C)CC2)c(Cc2ccccc2F)c1. The maximum Gasteiger partial charge on any atom is 0.126 e. The fourth-order valence-electron chi connectivity index (χ4n) is 3.58. The number of rotatable bonds is 6. The van der Waals surface area contributed by atoms with Gasteiger partial charge in [0.25, 0.3) is 0 Å². The van der Waals surface area contributed by atoms with Crippen LogP contribution in [0.1, 0.15) is 22.3 Å². The summed E-state index contributed by atoms with van der Waals surface area (Å²) in [7, 11) is 2.17. The van der Waals surface area contributed by atoms with Gasteiger partial charge in [-0.3, -0.25) is 4.90 Å². The van der Waals surface area contributed by atoms with Crippen LogP contribution in [-0.2, 0) is 6.42 Å². The molecule has 4 heteroatoms. The van der Waals surface area contributed by atoms with Crippen LogP contribution in [0.3, 0.4) is 0 Å². The number of hydrogen-bond acceptors (Lipinski definition) is 3. The van der Waals surface area contributed by atoms with Crippen molar-refractivity contribution in [1.82, 2.24) is 9.80 Å². The van der Waals surface area contributed by atoms with Crippen LogP contribution in [0, 0.1) is 19.7 Å². The van der Waals surface area contributed by atoms with Crippen molar-refractivity contribution in [3.63, 3.8) is 0 Å². The van der Waals surface area contributed by atoms with Crippen molar-refractivity contribution in [2.24, 2.45) is 0 Å². The lowest BCUT2D eigenvalue weighted by Crippen LogP contribution is -2.45. The summed E-state index contributed by atoms with van der Waals surface area (Å²) in [6.07, 6.45) is 0.555. The van der Waals surface area contributed by atoms with Gasteiger partial charge in [-0.05, 0) is 43.7 Å². The molecule has 2 aromatic carbocycles. The summed E-state index contributed by atoms with van der Waals surface area (Å²) in [5, 5.41) is 0. The van der Waals surface area contributed by atoms with E-state index in [0.29, 0.717) is 18.6 Å². The van der Waals surface area contributed by atoms with Crippen molar-refractivity contribution in [3.8, 4) is 5.75 Å². The first-order chi connectivity index (χ1) is 12.5. The zero-order valence-corrected chi connectivity index (χ0v) is 16.1. The average Bonchev–Trinajstić information content (AvgIpc) is 2.61. The predicted molar refractivity (Wildman–Crippen MR) is 105 cm³/mol. The Bertz CT molecular complexity index is 739. The summed E-state index contributed by atoms with van der Waals surface area (Å²) in [5.74, 6) is 0.753. The van der Waals surface area contributed by atoms with Crippen LogP contribution in [0.5, 0.6) is 5.75 Å². The third-order valence-corrected chi connectivity index (χ3v) is 5.08. The summed E-state index contributed by atoms with van der Waals surface area (Å²) in [6, 6.07) is 11.2. The topological polar surface area (TPSA) is 15.7 Å². The molecular formula is C22H29FN2O. The maximum atomic E-state index is 14.1. The molecule has 0 unspecified atom stereocenters. The Labute approximate surface area is 156 Å². The summed E-state index contributed by atoms with van der Waals surface area (Å²) >= 11 is 0. The van der Waals surface area contributed by atoms with Crippen molar-refractivity contribution in [3.05, 3.63) is 64.5 Å². The molecule has 2 aromatic rings. The molecule has 0 saturated carbocycles. The van der Waals surface area contributed by atoms with E-state index in [9.17, 15) is 4.39 Å². The molecule has 0 spiro atoms. The average molecular weight is 356 g/mol. The van der Waals surface area contributed by atoms with Crippen LogP contribution >= 0.6 is 0 Å². The normalized spacial score (nSPS) is 16.0. The van der Waals surface area contributed by atoms with Gasteiger partial charge in [0.15, 0.2) is 0 Å². The van der Waals surface area contributed by atoms with Crippen LogP contribution in [0.4, 0.5) is 4.39 Å². The highest BCUT2D eigenvalue weighted by Crippen LogP contribution is 2.28. The largest absolute Gasteiger partial charge is 0.492 e. The maximum absolute atomic E-state index is 14.1. The summed E-state index contributed by atoms with van der Waals surface area (Å²) in [6.45, 7) is 10.2. The fraction of sp³-hybridized carbons (Fsp3) is 0.455. The summed E-state index contributed by atoms with van der Waals surface area (Å²) in [5.41, 5.74) is 4.07. The molecule has 1 aliphatic rings. The zero-order chi connectivity index (χ0) is 18.5. The van der Waals surface area contributed by atoms with Crippen LogP contribution in [0.15, 0.2) is 36.4 Å². The third-order valence-electron chi connectivity index (χ3n) is 5.08. The molecule has 0 radical (unpaired) electrons. The van der Waals surface area contributed by atoms with Crippen LogP contribution < -0.4 is 4.74 Å². The third kappa shape index (κ3) is 4.83. The Morgan fingerprint density at radius 1 is 1.00 bits per heavy atom.